The number of aromatic nitrogens is 1. The van der Waals surface area contributed by atoms with E-state index in [-0.39, 0.29) is 27.7 Å². The largest absolute Gasteiger partial charge is 0.477 e. The van der Waals surface area contributed by atoms with Gasteiger partial charge in [0.05, 0.1) is 21.5 Å². The number of nitro groups is 2. The summed E-state index contributed by atoms with van der Waals surface area (Å²) in [6.07, 6.45) is 2.50. The molecule has 1 aromatic heterocycles. The number of nitrogens with zero attached hydrogens (tertiary/aromatic N) is 5. The summed E-state index contributed by atoms with van der Waals surface area (Å²) in [7, 11) is 0. The Balaban J connectivity index is 1.37. The summed E-state index contributed by atoms with van der Waals surface area (Å²) in [5, 5.41) is 49.5. The summed E-state index contributed by atoms with van der Waals surface area (Å²) in [5.41, 5.74) is 2.34. The number of thioether (sulfide) groups is 1. The first-order valence-electron chi connectivity index (χ1n) is 12.5. The molecule has 2 amide bonds. The fourth-order valence-corrected chi connectivity index (χ4v) is 6.04. The van der Waals surface area contributed by atoms with Gasteiger partial charge in [0.2, 0.25) is 5.60 Å². The van der Waals surface area contributed by atoms with Crippen molar-refractivity contribution in [3.63, 3.8) is 0 Å². The van der Waals surface area contributed by atoms with Gasteiger partial charge in [0.25, 0.3) is 23.2 Å². The highest BCUT2D eigenvalue weighted by atomic mass is 32.2. The number of aliphatic carboxylic acids is 1. The molecule has 2 atom stereocenters. The minimum atomic E-state index is -2.11. The maximum absolute atomic E-state index is 13.3. The molecule has 19 nitrogen and oxygen atoms in total. The van der Waals surface area contributed by atoms with E-state index in [1.54, 1.807) is 0 Å². The number of allylic oxidation sites excluding steroid dienone is 1. The van der Waals surface area contributed by atoms with Crippen LogP contribution in [-0.4, -0.2) is 82.2 Å². The molecule has 3 aliphatic heterocycles. The van der Waals surface area contributed by atoms with Gasteiger partial charge < -0.3 is 26.1 Å². The SMILES string of the molecule is CC(C)(ON=C(C(=O)NC1C(=O)N2C(C(=O)O)=C(C=Cc3ccc([N+](=O)[O-])cc3[N+](=O)[O-])CS[C@@H]12)c1csc(N)n1)C1(O)OO1. The number of hydrogen-bond donors (Lipinski definition) is 4. The molecule has 236 valence electrons. The number of hydrogen-bond acceptors (Lipinski definition) is 16. The van der Waals surface area contributed by atoms with Gasteiger partial charge in [-0.3, -0.25) is 34.7 Å². The Labute approximate surface area is 259 Å². The Kier molecular flexibility index (Phi) is 8.05. The van der Waals surface area contributed by atoms with Crippen LogP contribution in [0.25, 0.3) is 6.08 Å². The van der Waals surface area contributed by atoms with Gasteiger partial charge in [-0.05, 0) is 31.6 Å². The lowest BCUT2D eigenvalue weighted by atomic mass is 10.0. The van der Waals surface area contributed by atoms with Gasteiger partial charge in [0.1, 0.15) is 22.8 Å². The number of carboxylic acid groups (broad SMARTS) is 1. The summed E-state index contributed by atoms with van der Waals surface area (Å²) >= 11 is 2.11. The van der Waals surface area contributed by atoms with Crippen LogP contribution in [0.15, 0.2) is 46.1 Å². The van der Waals surface area contributed by atoms with E-state index >= 15 is 0 Å². The number of nitrogens with one attached hydrogen (secondary N) is 1. The second kappa shape index (κ2) is 11.5. The second-order valence-electron chi connectivity index (χ2n) is 9.99. The first-order valence-corrected chi connectivity index (χ1v) is 14.5. The first kappa shape index (κ1) is 31.5. The molecule has 45 heavy (non-hydrogen) atoms. The van der Waals surface area contributed by atoms with E-state index < -0.39 is 73.4 Å². The fraction of sp³-hybridized carbons (Fsp3) is 0.292. The Morgan fingerprint density at radius 1 is 1.29 bits per heavy atom. The van der Waals surface area contributed by atoms with Crippen LogP contribution >= 0.6 is 23.1 Å². The molecule has 2 aromatic rings. The number of non-ortho nitro benzene ring substituents is 1. The van der Waals surface area contributed by atoms with E-state index in [0.717, 1.165) is 46.2 Å². The quantitative estimate of drug-likeness (QED) is 0.0654. The summed E-state index contributed by atoms with van der Waals surface area (Å²) < 4.78 is 0. The van der Waals surface area contributed by atoms with Crippen LogP contribution in [0.3, 0.4) is 0 Å². The molecule has 0 bridgehead atoms. The average molecular weight is 664 g/mol. The van der Waals surface area contributed by atoms with Crippen LogP contribution in [-0.2, 0) is 29.0 Å². The molecule has 5 rings (SSSR count). The van der Waals surface area contributed by atoms with Crippen molar-refractivity contribution in [3.05, 3.63) is 72.4 Å². The van der Waals surface area contributed by atoms with Crippen molar-refractivity contribution in [3.8, 4) is 0 Å². The molecule has 0 aliphatic carbocycles. The highest BCUT2D eigenvalue weighted by Gasteiger charge is 2.63. The zero-order valence-electron chi connectivity index (χ0n) is 22.9. The average Bonchev–Trinajstić information content (AvgIpc) is 3.62. The number of thiazole rings is 1. The third-order valence-corrected chi connectivity index (χ3v) is 8.70. The van der Waals surface area contributed by atoms with Gasteiger partial charge in [0.15, 0.2) is 10.8 Å². The van der Waals surface area contributed by atoms with Gasteiger partial charge in [0, 0.05) is 17.2 Å². The maximum atomic E-state index is 13.3. The first-order chi connectivity index (χ1) is 21.1. The van der Waals surface area contributed by atoms with E-state index in [4.69, 9.17) is 10.6 Å². The normalized spacial score (nSPS) is 20.8. The number of nitrogens with two attached hydrogens (primary N) is 1. The van der Waals surface area contributed by atoms with Gasteiger partial charge in [-0.2, -0.15) is 9.78 Å². The third kappa shape index (κ3) is 5.93. The van der Waals surface area contributed by atoms with E-state index in [2.05, 4.69) is 25.2 Å². The number of nitrogen functional groups attached to an aromatic ring is 1. The summed E-state index contributed by atoms with van der Waals surface area (Å²) in [4.78, 5) is 78.9. The van der Waals surface area contributed by atoms with Crippen LogP contribution in [0, 0.1) is 20.2 Å². The molecule has 5 N–H and O–H groups in total. The van der Waals surface area contributed by atoms with Crippen molar-refractivity contribution in [2.75, 3.05) is 11.5 Å². The second-order valence-corrected chi connectivity index (χ2v) is 12.0. The molecule has 2 saturated heterocycles. The number of carboxylic acids is 1. The highest BCUT2D eigenvalue weighted by Crippen LogP contribution is 2.42. The van der Waals surface area contributed by atoms with Crippen LogP contribution in [0.2, 0.25) is 0 Å². The molecule has 4 heterocycles. The zero-order valence-corrected chi connectivity index (χ0v) is 24.6. The highest BCUT2D eigenvalue weighted by molar-refractivity contribution is 8.00. The molecule has 0 saturated carbocycles. The minimum Gasteiger partial charge on any atom is -0.477 e. The lowest BCUT2D eigenvalue weighted by molar-refractivity contribution is -0.394. The van der Waals surface area contributed by atoms with Crippen molar-refractivity contribution in [2.45, 2.75) is 36.8 Å². The molecule has 2 fully saturated rings. The van der Waals surface area contributed by atoms with Crippen LogP contribution in [0.1, 0.15) is 25.1 Å². The van der Waals surface area contributed by atoms with E-state index in [9.17, 15) is 44.8 Å². The lowest BCUT2D eigenvalue weighted by Gasteiger charge is -2.49. The number of oxime groups is 1. The van der Waals surface area contributed by atoms with E-state index in [1.165, 1.54) is 31.4 Å². The predicted molar refractivity (Wildman–Crippen MR) is 154 cm³/mol. The molecule has 3 aliphatic rings. The van der Waals surface area contributed by atoms with Crippen LogP contribution in [0.4, 0.5) is 16.5 Å². The standard InChI is InChI=1S/C24H21N7O12S2/c1-23(2,24(36)42-43-24)41-28-15(13-9-45-22(25)26-13)18(32)27-16-19(33)29-17(21(34)35)11(8-44-20(16)29)4-3-10-5-6-12(30(37)38)7-14(10)31(39)40/h3-7,9,16,20,36H,8H2,1-2H3,(H2,25,26)(H,27,32)(H,34,35)/t16?,20-/m0/s1. The molecule has 1 unspecified atom stereocenters. The van der Waals surface area contributed by atoms with Crippen molar-refractivity contribution in [1.29, 1.82) is 0 Å². The molecular formula is C24H21N7O12S2. The Morgan fingerprint density at radius 2 is 2.00 bits per heavy atom. The van der Waals surface area contributed by atoms with Gasteiger partial charge in [-0.25, -0.2) is 9.78 Å². The number of nitro benzene ring substituents is 2. The van der Waals surface area contributed by atoms with Crippen molar-refractivity contribution < 1.29 is 49.1 Å². The molecule has 0 radical (unpaired) electrons. The Morgan fingerprint density at radius 3 is 2.58 bits per heavy atom. The molecule has 21 heteroatoms. The minimum absolute atomic E-state index is 0.00534. The number of benzene rings is 1. The van der Waals surface area contributed by atoms with Crippen molar-refractivity contribution >= 4 is 69.2 Å². The fourth-order valence-electron chi connectivity index (χ4n) is 4.17. The Hall–Kier alpha value is -4.96. The predicted octanol–water partition coefficient (Wildman–Crippen LogP) is 1.10. The Bertz CT molecular complexity index is 1730. The number of anilines is 1. The topological polar surface area (TPSA) is 279 Å². The zero-order chi connectivity index (χ0) is 32.8. The maximum Gasteiger partial charge on any atom is 0.379 e. The number of fused-ring (bicyclic) bond motifs is 1. The lowest BCUT2D eigenvalue weighted by Crippen LogP contribution is -2.71. The number of aliphatic hydroxyl groups is 1. The van der Waals surface area contributed by atoms with Gasteiger partial charge in [-0.1, -0.05) is 11.2 Å². The van der Waals surface area contributed by atoms with Gasteiger partial charge >= 0.3 is 11.9 Å². The monoisotopic (exact) mass is 663 g/mol. The number of carbonyl (C=O) groups excluding carboxylic acids is 2. The number of amides is 2. The van der Waals surface area contributed by atoms with Crippen LogP contribution < -0.4 is 11.1 Å². The number of β-lactam (4-membered cyclic amide) rings is 1. The van der Waals surface area contributed by atoms with E-state index in [1.807, 2.05) is 0 Å². The molecule has 1 aromatic carbocycles. The van der Waals surface area contributed by atoms with Gasteiger partial charge in [-0.15, -0.1) is 23.1 Å². The molecular weight excluding hydrogens is 642 g/mol. The summed E-state index contributed by atoms with van der Waals surface area (Å²) in [6, 6.07) is 1.81. The van der Waals surface area contributed by atoms with Crippen molar-refractivity contribution in [1.82, 2.24) is 15.2 Å². The summed E-state index contributed by atoms with van der Waals surface area (Å²) in [6.45, 7) is 2.73. The molecule has 0 spiro atoms. The van der Waals surface area contributed by atoms with Crippen LogP contribution in [0.5, 0.6) is 0 Å². The summed E-state index contributed by atoms with van der Waals surface area (Å²) in [5.74, 6) is -5.24. The van der Waals surface area contributed by atoms with E-state index in [0.29, 0.717) is 0 Å². The smallest absolute Gasteiger partial charge is 0.379 e. The third-order valence-electron chi connectivity index (χ3n) is 6.72. The van der Waals surface area contributed by atoms with Crippen molar-refractivity contribution in [2.24, 2.45) is 5.16 Å². The number of carbonyl (C=O) groups is 3. The number of rotatable bonds is 11.